The molecule has 0 aliphatic heterocycles. The van der Waals surface area contributed by atoms with E-state index in [9.17, 15) is 0 Å². The Morgan fingerprint density at radius 2 is 1.78 bits per heavy atom. The summed E-state index contributed by atoms with van der Waals surface area (Å²) in [6.07, 6.45) is 5.09. The predicted molar refractivity (Wildman–Crippen MR) is 91.6 cm³/mol. The van der Waals surface area contributed by atoms with Gasteiger partial charge in [0.1, 0.15) is 0 Å². The molecular formula is C15H21Br3. The zero-order chi connectivity index (χ0) is 13.7. The highest BCUT2D eigenvalue weighted by Gasteiger charge is 2.21. The number of unbranched alkanes of at least 4 members (excludes halogenated alkanes) is 1. The second kappa shape index (κ2) is 8.06. The van der Waals surface area contributed by atoms with Gasteiger partial charge in [0.05, 0.1) is 0 Å². The summed E-state index contributed by atoms with van der Waals surface area (Å²) in [5.74, 6) is 0.704. The fourth-order valence-electron chi connectivity index (χ4n) is 2.15. The SMILES string of the molecule is CCCCC(CC)C(Br)c1cc(Br)c(C)cc1Br. The molecule has 2 atom stereocenters. The lowest BCUT2D eigenvalue weighted by molar-refractivity contribution is 0.445. The van der Waals surface area contributed by atoms with Crippen molar-refractivity contribution in [3.63, 3.8) is 0 Å². The van der Waals surface area contributed by atoms with Crippen LogP contribution in [0.2, 0.25) is 0 Å². The maximum absolute atomic E-state index is 3.90. The van der Waals surface area contributed by atoms with Crippen molar-refractivity contribution in [1.29, 1.82) is 0 Å². The average molecular weight is 441 g/mol. The first-order valence-corrected chi connectivity index (χ1v) is 9.11. The minimum Gasteiger partial charge on any atom is -0.0835 e. The minimum atomic E-state index is 0.431. The third-order valence-corrected chi connectivity index (χ3v) is 6.22. The topological polar surface area (TPSA) is 0 Å². The highest BCUT2D eigenvalue weighted by Crippen LogP contribution is 2.41. The first kappa shape index (κ1) is 16.7. The lowest BCUT2D eigenvalue weighted by Gasteiger charge is -2.23. The van der Waals surface area contributed by atoms with Crippen LogP contribution in [0, 0.1) is 12.8 Å². The van der Waals surface area contributed by atoms with E-state index in [1.165, 1.54) is 45.8 Å². The summed E-state index contributed by atoms with van der Waals surface area (Å²) in [7, 11) is 0. The number of hydrogen-bond acceptors (Lipinski definition) is 0. The Bertz CT molecular complexity index is 388. The van der Waals surface area contributed by atoms with Crippen molar-refractivity contribution in [2.45, 2.75) is 51.3 Å². The van der Waals surface area contributed by atoms with Crippen molar-refractivity contribution in [1.82, 2.24) is 0 Å². The van der Waals surface area contributed by atoms with Crippen LogP contribution in [0.25, 0.3) is 0 Å². The Balaban J connectivity index is 2.94. The van der Waals surface area contributed by atoms with Crippen molar-refractivity contribution in [2.24, 2.45) is 5.92 Å². The van der Waals surface area contributed by atoms with Crippen LogP contribution in [0.3, 0.4) is 0 Å². The van der Waals surface area contributed by atoms with Gasteiger partial charge >= 0.3 is 0 Å². The molecule has 1 aromatic rings. The van der Waals surface area contributed by atoms with E-state index in [4.69, 9.17) is 0 Å². The fourth-order valence-corrected chi connectivity index (χ4v) is 4.54. The third-order valence-electron chi connectivity index (χ3n) is 3.44. The van der Waals surface area contributed by atoms with Gasteiger partial charge in [-0.15, -0.1) is 0 Å². The standard InChI is InChI=1S/C15H21Br3/c1-4-6-7-11(5-2)15(18)12-9-13(16)10(3)8-14(12)17/h8-9,11,15H,4-7H2,1-3H3. The highest BCUT2D eigenvalue weighted by molar-refractivity contribution is 9.11. The summed E-state index contributed by atoms with van der Waals surface area (Å²) in [5, 5.41) is 0. The molecule has 1 rings (SSSR count). The van der Waals surface area contributed by atoms with E-state index >= 15 is 0 Å². The van der Waals surface area contributed by atoms with E-state index in [1.54, 1.807) is 0 Å². The molecule has 0 aromatic heterocycles. The molecule has 0 saturated carbocycles. The van der Waals surface area contributed by atoms with E-state index in [-0.39, 0.29) is 0 Å². The van der Waals surface area contributed by atoms with E-state index in [2.05, 4.69) is 80.7 Å². The quantitative estimate of drug-likeness (QED) is 0.411. The van der Waals surface area contributed by atoms with E-state index in [0.29, 0.717) is 10.7 Å². The molecule has 0 aliphatic rings. The van der Waals surface area contributed by atoms with Gasteiger partial charge in [-0.3, -0.25) is 0 Å². The van der Waals surface area contributed by atoms with Crippen LogP contribution in [-0.2, 0) is 0 Å². The number of aryl methyl sites for hydroxylation is 1. The second-order valence-corrected chi connectivity index (χ2v) is 7.53. The van der Waals surface area contributed by atoms with Crippen LogP contribution in [-0.4, -0.2) is 0 Å². The van der Waals surface area contributed by atoms with Gasteiger partial charge in [0.25, 0.3) is 0 Å². The zero-order valence-electron chi connectivity index (χ0n) is 11.3. The summed E-state index contributed by atoms with van der Waals surface area (Å²) in [6, 6.07) is 4.44. The lowest BCUT2D eigenvalue weighted by atomic mass is 9.91. The number of halogens is 3. The van der Waals surface area contributed by atoms with E-state index in [1.807, 2.05) is 0 Å². The lowest BCUT2D eigenvalue weighted by Crippen LogP contribution is -2.08. The van der Waals surface area contributed by atoms with Crippen LogP contribution in [0.15, 0.2) is 21.1 Å². The summed E-state index contributed by atoms with van der Waals surface area (Å²) in [4.78, 5) is 0.431. The van der Waals surface area contributed by atoms with Crippen LogP contribution < -0.4 is 0 Å². The van der Waals surface area contributed by atoms with Gasteiger partial charge in [-0.2, -0.15) is 0 Å². The van der Waals surface area contributed by atoms with Gasteiger partial charge in [0.15, 0.2) is 0 Å². The Labute approximate surface area is 136 Å². The van der Waals surface area contributed by atoms with Crippen molar-refractivity contribution in [2.75, 3.05) is 0 Å². The van der Waals surface area contributed by atoms with Crippen LogP contribution >= 0.6 is 47.8 Å². The predicted octanol–water partition coefficient (Wildman–Crippen LogP) is 7.17. The molecule has 0 radical (unpaired) electrons. The summed E-state index contributed by atoms with van der Waals surface area (Å²) in [6.45, 7) is 6.66. The Kier molecular flexibility index (Phi) is 7.48. The van der Waals surface area contributed by atoms with Gasteiger partial charge in [-0.1, -0.05) is 80.9 Å². The summed E-state index contributed by atoms with van der Waals surface area (Å²) < 4.78 is 2.40. The maximum atomic E-state index is 3.90. The number of hydrogen-bond donors (Lipinski definition) is 0. The molecular weight excluding hydrogens is 420 g/mol. The van der Waals surface area contributed by atoms with Crippen molar-refractivity contribution >= 4 is 47.8 Å². The van der Waals surface area contributed by atoms with Crippen molar-refractivity contribution < 1.29 is 0 Å². The van der Waals surface area contributed by atoms with Crippen molar-refractivity contribution in [3.8, 4) is 0 Å². The average Bonchev–Trinajstić information content (AvgIpc) is 2.34. The van der Waals surface area contributed by atoms with Gasteiger partial charge in [0.2, 0.25) is 0 Å². The van der Waals surface area contributed by atoms with E-state index in [0.717, 1.165) is 0 Å². The maximum Gasteiger partial charge on any atom is 0.0434 e. The molecule has 0 aliphatic carbocycles. The molecule has 0 N–H and O–H groups in total. The van der Waals surface area contributed by atoms with E-state index < -0.39 is 0 Å². The van der Waals surface area contributed by atoms with Crippen LogP contribution in [0.5, 0.6) is 0 Å². The second-order valence-electron chi connectivity index (χ2n) is 4.84. The third kappa shape index (κ3) is 4.35. The van der Waals surface area contributed by atoms with Crippen LogP contribution in [0.1, 0.15) is 55.5 Å². The molecule has 0 saturated heterocycles. The van der Waals surface area contributed by atoms with Crippen LogP contribution in [0.4, 0.5) is 0 Å². The number of rotatable bonds is 6. The molecule has 0 bridgehead atoms. The zero-order valence-corrected chi connectivity index (χ0v) is 16.0. The molecule has 102 valence electrons. The fraction of sp³-hybridized carbons (Fsp3) is 0.600. The van der Waals surface area contributed by atoms with Gasteiger partial charge in [-0.25, -0.2) is 0 Å². The minimum absolute atomic E-state index is 0.431. The number of benzene rings is 1. The molecule has 3 heteroatoms. The molecule has 0 amide bonds. The van der Waals surface area contributed by atoms with Gasteiger partial charge in [-0.05, 0) is 42.5 Å². The first-order chi connectivity index (χ1) is 8.51. The molecule has 1 aromatic carbocycles. The normalized spacial score (nSPS) is 14.6. The first-order valence-electron chi connectivity index (χ1n) is 6.60. The highest BCUT2D eigenvalue weighted by atomic mass is 79.9. The van der Waals surface area contributed by atoms with Gasteiger partial charge in [0, 0.05) is 13.8 Å². The Morgan fingerprint density at radius 3 is 2.33 bits per heavy atom. The molecule has 18 heavy (non-hydrogen) atoms. The molecule has 2 unspecified atom stereocenters. The molecule has 0 spiro atoms. The Hall–Kier alpha value is 0.660. The van der Waals surface area contributed by atoms with Gasteiger partial charge < -0.3 is 0 Å². The Morgan fingerprint density at radius 1 is 1.11 bits per heavy atom. The molecule has 0 nitrogen and oxygen atoms in total. The largest absolute Gasteiger partial charge is 0.0835 e. The smallest absolute Gasteiger partial charge is 0.0434 e. The van der Waals surface area contributed by atoms with Crippen molar-refractivity contribution in [3.05, 3.63) is 32.2 Å². The molecule has 0 heterocycles. The number of alkyl halides is 1. The molecule has 0 fully saturated rings. The summed E-state index contributed by atoms with van der Waals surface area (Å²) >= 11 is 11.2. The summed E-state index contributed by atoms with van der Waals surface area (Å²) in [5.41, 5.74) is 2.63. The monoisotopic (exact) mass is 438 g/mol.